The number of rotatable bonds is 48. The first kappa shape index (κ1) is 65.2. The fourth-order valence-electron chi connectivity index (χ4n) is 9.10. The molecule has 1 unspecified atom stereocenters. The van der Waals surface area contributed by atoms with Crippen molar-refractivity contribution < 1.29 is 14.3 Å². The number of carbonyl (C=O) groups is 2. The number of methoxy groups -OCH3 is 1. The van der Waals surface area contributed by atoms with Crippen molar-refractivity contribution in [1.29, 1.82) is 0 Å². The van der Waals surface area contributed by atoms with E-state index in [0.717, 1.165) is 57.8 Å². The van der Waals surface area contributed by atoms with Crippen LogP contribution < -0.4 is 0 Å². The molecule has 0 aromatic rings. The quantitative estimate of drug-likeness (QED) is 0.0445. The maximum Gasteiger partial charge on any atom is 0.133 e. The molecule has 0 aliphatic carbocycles. The number of nitrogens with zero attached hydrogens (tertiary/aromatic N) is 4. The second-order valence-corrected chi connectivity index (χ2v) is 19.9. The molecule has 7 nitrogen and oxygen atoms in total. The first-order valence-corrected chi connectivity index (χ1v) is 28.7. The molecule has 0 saturated carbocycles. The molecule has 384 valence electrons. The molecular weight excluding hydrogens is 789 g/mol. The van der Waals surface area contributed by atoms with Gasteiger partial charge in [-0.3, -0.25) is 9.80 Å². The highest BCUT2D eigenvalue weighted by atomic mass is 16.5. The van der Waals surface area contributed by atoms with Crippen molar-refractivity contribution in [3.8, 4) is 0 Å². The maximum absolute atomic E-state index is 11.2. The standard InChI is InChI=1S/C30H62N2O.C20H41NO.C7H15NO/c1-4-7-10-13-16-19-22-25-31(24-21-18-15-12-9-6-3)27-28-32(29-30-33)26-23-20-17-14-11-8-5-2;1-3-5-7-9-11-13-15-17-21(19-20-22)18-16-14-12-10-8-6-4-2;1-8-4-3-7(5-8)6-9-2/h30H,4-29H2,1-3H3;20H,3-19H2,1-2H3;7H,3-6H2,1-2H3. The summed E-state index contributed by atoms with van der Waals surface area (Å²) in [6.07, 6.45) is 49.7. The fourth-order valence-corrected chi connectivity index (χ4v) is 9.10. The largest absolute Gasteiger partial charge is 0.384 e. The third-order valence-corrected chi connectivity index (χ3v) is 13.4. The van der Waals surface area contributed by atoms with Gasteiger partial charge in [-0.25, -0.2) is 0 Å². The Balaban J connectivity index is 0. The van der Waals surface area contributed by atoms with Gasteiger partial charge in [-0.15, -0.1) is 0 Å². The Hall–Kier alpha value is -0.860. The van der Waals surface area contributed by atoms with Crippen LogP contribution in [0.3, 0.4) is 0 Å². The summed E-state index contributed by atoms with van der Waals surface area (Å²) in [4.78, 5) is 31.8. The summed E-state index contributed by atoms with van der Waals surface area (Å²) in [5.41, 5.74) is 0. The number of hydrogen-bond donors (Lipinski definition) is 0. The molecule has 0 amide bonds. The lowest BCUT2D eigenvalue weighted by Gasteiger charge is -2.27. The molecule has 0 spiro atoms. The first-order chi connectivity index (χ1) is 31.4. The lowest BCUT2D eigenvalue weighted by molar-refractivity contribution is -0.109. The monoisotopic (exact) mass is 907 g/mol. The van der Waals surface area contributed by atoms with E-state index in [2.05, 4.69) is 61.3 Å². The van der Waals surface area contributed by atoms with Crippen molar-refractivity contribution in [2.75, 3.05) is 92.8 Å². The summed E-state index contributed by atoms with van der Waals surface area (Å²) < 4.78 is 5.05. The summed E-state index contributed by atoms with van der Waals surface area (Å²) in [5.74, 6) is 0.792. The minimum atomic E-state index is 0.609. The molecule has 1 saturated heterocycles. The Morgan fingerprint density at radius 3 is 0.938 bits per heavy atom. The van der Waals surface area contributed by atoms with Gasteiger partial charge in [0.05, 0.1) is 19.7 Å². The molecule has 1 fully saturated rings. The number of hydrogen-bond acceptors (Lipinski definition) is 7. The van der Waals surface area contributed by atoms with Crippen LogP contribution in [0, 0.1) is 5.92 Å². The Bertz CT molecular complexity index is 858. The van der Waals surface area contributed by atoms with Gasteiger partial charge >= 0.3 is 0 Å². The molecule has 1 aliphatic rings. The summed E-state index contributed by atoms with van der Waals surface area (Å²) in [6, 6.07) is 0. The van der Waals surface area contributed by atoms with E-state index in [1.54, 1.807) is 7.11 Å². The average molecular weight is 908 g/mol. The Kier molecular flexibility index (Phi) is 57.5. The zero-order chi connectivity index (χ0) is 47.2. The predicted octanol–water partition coefficient (Wildman–Crippen LogP) is 15.2. The van der Waals surface area contributed by atoms with E-state index in [-0.39, 0.29) is 0 Å². The van der Waals surface area contributed by atoms with Gasteiger partial charge in [0.15, 0.2) is 0 Å². The molecule has 7 heteroatoms. The van der Waals surface area contributed by atoms with E-state index in [1.807, 2.05) is 0 Å². The zero-order valence-electron chi connectivity index (χ0n) is 45.0. The van der Waals surface area contributed by atoms with Gasteiger partial charge in [0, 0.05) is 26.7 Å². The van der Waals surface area contributed by atoms with Crippen LogP contribution in [0.15, 0.2) is 0 Å². The van der Waals surface area contributed by atoms with Crippen LogP contribution in [-0.2, 0) is 14.3 Å². The highest BCUT2D eigenvalue weighted by Gasteiger charge is 2.18. The first-order valence-electron chi connectivity index (χ1n) is 28.7. The van der Waals surface area contributed by atoms with Crippen molar-refractivity contribution in [1.82, 2.24) is 19.6 Å². The van der Waals surface area contributed by atoms with Crippen molar-refractivity contribution >= 4 is 12.6 Å². The average Bonchev–Trinajstić information content (AvgIpc) is 3.72. The number of ether oxygens (including phenoxy) is 1. The van der Waals surface area contributed by atoms with Crippen molar-refractivity contribution in [3.63, 3.8) is 0 Å². The minimum absolute atomic E-state index is 0.609. The van der Waals surface area contributed by atoms with E-state index in [0.29, 0.717) is 13.1 Å². The summed E-state index contributed by atoms with van der Waals surface area (Å²) in [5, 5.41) is 0. The predicted molar refractivity (Wildman–Crippen MR) is 284 cm³/mol. The lowest BCUT2D eigenvalue weighted by Crippen LogP contribution is -2.37. The summed E-state index contributed by atoms with van der Waals surface area (Å²) >= 11 is 0. The van der Waals surface area contributed by atoms with Gasteiger partial charge in [-0.05, 0) is 90.8 Å². The molecule has 64 heavy (non-hydrogen) atoms. The highest BCUT2D eigenvalue weighted by Crippen LogP contribution is 2.15. The third-order valence-electron chi connectivity index (χ3n) is 13.4. The second kappa shape index (κ2) is 56.5. The second-order valence-electron chi connectivity index (χ2n) is 19.9. The van der Waals surface area contributed by atoms with Gasteiger partial charge in [-0.1, -0.05) is 221 Å². The Labute approximate surface area is 403 Å². The highest BCUT2D eigenvalue weighted by molar-refractivity contribution is 5.52. The van der Waals surface area contributed by atoms with Gasteiger partial charge in [0.2, 0.25) is 0 Å². The molecular formula is C57H118N4O3. The minimum Gasteiger partial charge on any atom is -0.384 e. The number of aldehydes is 2. The van der Waals surface area contributed by atoms with E-state index >= 15 is 0 Å². The van der Waals surface area contributed by atoms with E-state index in [1.165, 1.54) is 251 Å². The molecule has 0 aromatic carbocycles. The number of unbranched alkanes of at least 4 members (excludes halogenated alkanes) is 29. The van der Waals surface area contributed by atoms with E-state index in [4.69, 9.17) is 4.74 Å². The van der Waals surface area contributed by atoms with E-state index in [9.17, 15) is 9.59 Å². The van der Waals surface area contributed by atoms with Gasteiger partial charge < -0.3 is 24.1 Å². The van der Waals surface area contributed by atoms with Crippen LogP contribution in [0.2, 0.25) is 0 Å². The lowest BCUT2D eigenvalue weighted by atomic mass is 10.1. The van der Waals surface area contributed by atoms with Crippen LogP contribution in [0.4, 0.5) is 0 Å². The summed E-state index contributed by atoms with van der Waals surface area (Å²) in [6.45, 7) is 24.0. The van der Waals surface area contributed by atoms with Crippen LogP contribution in [0.5, 0.6) is 0 Å². The molecule has 1 rings (SSSR count). The van der Waals surface area contributed by atoms with Crippen molar-refractivity contribution in [2.24, 2.45) is 5.92 Å². The van der Waals surface area contributed by atoms with Crippen LogP contribution >= 0.6 is 0 Å². The van der Waals surface area contributed by atoms with Crippen molar-refractivity contribution in [3.05, 3.63) is 0 Å². The molecule has 1 atom stereocenters. The van der Waals surface area contributed by atoms with Crippen molar-refractivity contribution in [2.45, 2.75) is 259 Å². The van der Waals surface area contributed by atoms with Crippen LogP contribution in [0.25, 0.3) is 0 Å². The van der Waals surface area contributed by atoms with Crippen LogP contribution in [-0.4, -0.2) is 125 Å². The zero-order valence-corrected chi connectivity index (χ0v) is 45.0. The molecule has 0 bridgehead atoms. The number of carbonyl (C=O) groups excluding carboxylic acids is 2. The molecule has 1 aliphatic heterocycles. The Morgan fingerprint density at radius 2 is 0.672 bits per heavy atom. The normalized spacial score (nSPS) is 14.0. The van der Waals surface area contributed by atoms with Gasteiger partial charge in [0.1, 0.15) is 12.6 Å². The fraction of sp³-hybridized carbons (Fsp3) is 0.965. The molecule has 1 heterocycles. The molecule has 0 radical (unpaired) electrons. The molecule has 0 N–H and O–H groups in total. The number of likely N-dealkylation sites (tertiary alicyclic amines) is 1. The topological polar surface area (TPSA) is 56.3 Å². The van der Waals surface area contributed by atoms with E-state index < -0.39 is 0 Å². The van der Waals surface area contributed by atoms with Gasteiger partial charge in [0.25, 0.3) is 0 Å². The SMILES string of the molecule is CCCCCCCCCN(CC=O)CCCCCCCCC.CCCCCCCCCN(CC=O)CCN(CCCCCCCC)CCCCCCCCC.COCC1CCN(C)C1. The smallest absolute Gasteiger partial charge is 0.133 e. The Morgan fingerprint density at radius 1 is 0.406 bits per heavy atom. The van der Waals surface area contributed by atoms with Gasteiger partial charge in [-0.2, -0.15) is 0 Å². The summed E-state index contributed by atoms with van der Waals surface area (Å²) in [7, 11) is 3.94. The third kappa shape index (κ3) is 50.6. The maximum atomic E-state index is 11.2. The molecule has 0 aromatic heterocycles. The van der Waals surface area contributed by atoms with Crippen LogP contribution in [0.1, 0.15) is 259 Å².